The van der Waals surface area contributed by atoms with Crippen LogP contribution >= 0.6 is 0 Å². The summed E-state index contributed by atoms with van der Waals surface area (Å²) in [5.74, 6) is -1.81. The van der Waals surface area contributed by atoms with E-state index in [9.17, 15) is 19.8 Å². The third-order valence-corrected chi connectivity index (χ3v) is 12.2. The fraction of sp³-hybridized carbons (Fsp3) is 0.311. The average Bonchev–Trinajstić information content (AvgIpc) is 3.72. The van der Waals surface area contributed by atoms with E-state index in [1.54, 1.807) is 28.5 Å². The molecular formula is C45H43N3O6. The summed E-state index contributed by atoms with van der Waals surface area (Å²) in [5, 5.41) is 24.0. The zero-order chi connectivity index (χ0) is 37.5. The minimum Gasteiger partial charge on any atom is -0.394 e. The van der Waals surface area contributed by atoms with Gasteiger partial charge in [-0.15, -0.1) is 0 Å². The van der Waals surface area contributed by atoms with Crippen LogP contribution in [-0.2, 0) is 39.4 Å². The van der Waals surface area contributed by atoms with Gasteiger partial charge in [0, 0.05) is 35.0 Å². The van der Waals surface area contributed by atoms with Crippen LogP contribution in [0.1, 0.15) is 59.8 Å². The van der Waals surface area contributed by atoms with Crippen molar-refractivity contribution < 1.29 is 29.3 Å². The number of amides is 3. The van der Waals surface area contributed by atoms with Crippen LogP contribution in [0.15, 0.2) is 109 Å². The molecule has 4 heterocycles. The molecule has 274 valence electrons. The lowest BCUT2D eigenvalue weighted by Gasteiger charge is -2.38. The zero-order valence-electron chi connectivity index (χ0n) is 30.6. The molecule has 9 heteroatoms. The topological polar surface area (TPSA) is 111 Å². The van der Waals surface area contributed by atoms with Crippen molar-refractivity contribution in [2.45, 2.75) is 70.1 Å². The van der Waals surface area contributed by atoms with Crippen molar-refractivity contribution in [3.05, 3.63) is 137 Å². The van der Waals surface area contributed by atoms with Gasteiger partial charge in [0.1, 0.15) is 0 Å². The molecule has 5 aromatic carbocycles. The second kappa shape index (κ2) is 12.6. The fourth-order valence-electron chi connectivity index (χ4n) is 9.83. The van der Waals surface area contributed by atoms with E-state index in [4.69, 9.17) is 4.74 Å². The number of aliphatic hydroxyl groups excluding tert-OH is 1. The van der Waals surface area contributed by atoms with Crippen molar-refractivity contribution in [2.24, 2.45) is 11.8 Å². The molecule has 0 aromatic heterocycles. The molecule has 0 bridgehead atoms. The lowest BCUT2D eigenvalue weighted by molar-refractivity contribution is -0.151. The summed E-state index contributed by atoms with van der Waals surface area (Å²) in [5.41, 5.74) is 3.46. The van der Waals surface area contributed by atoms with Gasteiger partial charge in [-0.1, -0.05) is 85.8 Å². The molecule has 5 atom stereocenters. The summed E-state index contributed by atoms with van der Waals surface area (Å²) in [7, 11) is 0. The third kappa shape index (κ3) is 5.13. The van der Waals surface area contributed by atoms with Gasteiger partial charge in [-0.2, -0.15) is 0 Å². The standard InChI is InChI=1S/C45H43N3O6/c1-27-41(44(2,3)53)38(23-39(50)46-25-31-14-8-7-13-30(31)21-33(46)26-49)54-45(27)35-22-32(19-20-36(35)47(43(45)52)24-28-11-5-4-6-12-28)48-37-18-10-16-29-15-9-17-34(40(29)37)42(48)51/h4-20,22,27,33,38,41,49,53H,21,23-26H2,1-3H3/t27-,33-,38+,41-,45+/m0/s1. The summed E-state index contributed by atoms with van der Waals surface area (Å²) < 4.78 is 7.07. The number of ether oxygens (including phenoxy) is 1. The lowest BCUT2D eigenvalue weighted by Crippen LogP contribution is -2.48. The van der Waals surface area contributed by atoms with Gasteiger partial charge in [0.05, 0.1) is 54.3 Å². The maximum Gasteiger partial charge on any atom is 0.264 e. The summed E-state index contributed by atoms with van der Waals surface area (Å²) >= 11 is 0. The molecule has 5 aromatic rings. The average molecular weight is 722 g/mol. The second-order valence-corrected chi connectivity index (χ2v) is 15.8. The largest absolute Gasteiger partial charge is 0.394 e. The van der Waals surface area contributed by atoms with Gasteiger partial charge in [-0.25, -0.2) is 0 Å². The number of anilines is 3. The molecule has 0 saturated carbocycles. The van der Waals surface area contributed by atoms with Gasteiger partial charge in [-0.05, 0) is 72.7 Å². The molecule has 0 radical (unpaired) electrons. The highest BCUT2D eigenvalue weighted by Crippen LogP contribution is 2.59. The third-order valence-electron chi connectivity index (χ3n) is 12.2. The number of hydrogen-bond donors (Lipinski definition) is 2. The number of carbonyl (C=O) groups is 3. The van der Waals surface area contributed by atoms with Crippen LogP contribution in [0.4, 0.5) is 17.1 Å². The number of benzene rings is 5. The van der Waals surface area contributed by atoms with Crippen LogP contribution in [0.5, 0.6) is 0 Å². The van der Waals surface area contributed by atoms with Crippen molar-refractivity contribution in [2.75, 3.05) is 16.4 Å². The Labute approximate surface area is 314 Å². The molecule has 0 unspecified atom stereocenters. The van der Waals surface area contributed by atoms with Crippen molar-refractivity contribution in [1.82, 2.24) is 4.90 Å². The lowest BCUT2D eigenvalue weighted by atomic mass is 9.70. The van der Waals surface area contributed by atoms with Crippen LogP contribution in [0.25, 0.3) is 10.8 Å². The van der Waals surface area contributed by atoms with E-state index in [1.165, 1.54) is 0 Å². The number of nitrogens with zero attached hydrogens (tertiary/aromatic N) is 3. The fourth-order valence-corrected chi connectivity index (χ4v) is 9.83. The van der Waals surface area contributed by atoms with Crippen molar-refractivity contribution >= 4 is 45.6 Å². The molecule has 9 rings (SSSR count). The Bertz CT molecular complexity index is 2330. The quantitative estimate of drug-likeness (QED) is 0.195. The Morgan fingerprint density at radius 1 is 0.889 bits per heavy atom. The van der Waals surface area contributed by atoms with Crippen LogP contribution in [0.3, 0.4) is 0 Å². The molecule has 4 aliphatic rings. The highest BCUT2D eigenvalue weighted by Gasteiger charge is 2.66. The minimum atomic E-state index is -1.55. The summed E-state index contributed by atoms with van der Waals surface area (Å²) in [6.07, 6.45) is -0.371. The Balaban J connectivity index is 1.14. The van der Waals surface area contributed by atoms with E-state index in [0.717, 1.165) is 33.2 Å². The summed E-state index contributed by atoms with van der Waals surface area (Å²) in [4.78, 5) is 48.7. The normalized spacial score (nSPS) is 24.5. The highest BCUT2D eigenvalue weighted by molar-refractivity contribution is 6.28. The molecule has 9 nitrogen and oxygen atoms in total. The Morgan fingerprint density at radius 2 is 1.61 bits per heavy atom. The molecule has 3 amide bonds. The number of carbonyl (C=O) groups excluding carboxylic acids is 3. The van der Waals surface area contributed by atoms with Crippen LogP contribution in [0.2, 0.25) is 0 Å². The zero-order valence-corrected chi connectivity index (χ0v) is 30.6. The molecule has 1 spiro atoms. The van der Waals surface area contributed by atoms with E-state index in [1.807, 2.05) is 116 Å². The monoisotopic (exact) mass is 721 g/mol. The Morgan fingerprint density at radius 3 is 2.35 bits per heavy atom. The molecule has 54 heavy (non-hydrogen) atoms. The van der Waals surface area contributed by atoms with E-state index in [2.05, 4.69) is 0 Å². The second-order valence-electron chi connectivity index (χ2n) is 15.8. The first-order chi connectivity index (χ1) is 26.0. The van der Waals surface area contributed by atoms with Crippen molar-refractivity contribution in [3.8, 4) is 0 Å². The molecule has 1 fully saturated rings. The van der Waals surface area contributed by atoms with Gasteiger partial charge in [0.25, 0.3) is 11.8 Å². The van der Waals surface area contributed by atoms with E-state index in [-0.39, 0.29) is 30.7 Å². The molecule has 4 aliphatic heterocycles. The van der Waals surface area contributed by atoms with Gasteiger partial charge in [0.2, 0.25) is 5.91 Å². The van der Waals surface area contributed by atoms with Gasteiger partial charge in [0.15, 0.2) is 5.60 Å². The van der Waals surface area contributed by atoms with Crippen molar-refractivity contribution in [3.63, 3.8) is 0 Å². The smallest absolute Gasteiger partial charge is 0.264 e. The first-order valence-electron chi connectivity index (χ1n) is 18.7. The number of aliphatic hydroxyl groups is 2. The van der Waals surface area contributed by atoms with Crippen molar-refractivity contribution in [1.29, 1.82) is 0 Å². The van der Waals surface area contributed by atoms with Gasteiger partial charge < -0.3 is 24.7 Å². The minimum absolute atomic E-state index is 0.0810. The first kappa shape index (κ1) is 34.4. The molecular weight excluding hydrogens is 679 g/mol. The Kier molecular flexibility index (Phi) is 8.04. The van der Waals surface area contributed by atoms with E-state index < -0.39 is 35.2 Å². The van der Waals surface area contributed by atoms with Crippen LogP contribution < -0.4 is 9.80 Å². The maximum atomic E-state index is 15.2. The molecule has 0 aliphatic carbocycles. The van der Waals surface area contributed by atoms with Crippen LogP contribution in [0, 0.1) is 11.8 Å². The molecule has 2 N–H and O–H groups in total. The predicted molar refractivity (Wildman–Crippen MR) is 206 cm³/mol. The SMILES string of the molecule is C[C@H]1[C@H](C(C)(C)O)[C@@H](CC(=O)N2Cc3ccccc3C[C@H]2CO)O[C@]12C(=O)N(Cc1ccccc1)c1ccc(N3C(=O)c4cccc5cccc3c45)cc12. The van der Waals surface area contributed by atoms with Gasteiger partial charge >= 0.3 is 0 Å². The molecule has 1 saturated heterocycles. The first-order valence-corrected chi connectivity index (χ1v) is 18.7. The van der Waals surface area contributed by atoms with Crippen LogP contribution in [-0.4, -0.2) is 57.2 Å². The number of fused-ring (bicyclic) bond motifs is 3. The Hall–Kier alpha value is -5.35. The summed E-state index contributed by atoms with van der Waals surface area (Å²) in [6, 6.07) is 34.6. The van der Waals surface area contributed by atoms with E-state index >= 15 is 4.79 Å². The highest BCUT2D eigenvalue weighted by atomic mass is 16.5. The predicted octanol–water partition coefficient (Wildman–Crippen LogP) is 6.63. The van der Waals surface area contributed by atoms with E-state index in [0.29, 0.717) is 42.0 Å². The maximum absolute atomic E-state index is 15.2. The summed E-state index contributed by atoms with van der Waals surface area (Å²) in [6.45, 7) is 5.81. The van der Waals surface area contributed by atoms with Gasteiger partial charge in [-0.3, -0.25) is 19.3 Å². The number of rotatable bonds is 7. The number of hydrogen-bond acceptors (Lipinski definition) is 6.